The van der Waals surface area contributed by atoms with Gasteiger partial charge in [0.15, 0.2) is 0 Å². The van der Waals surface area contributed by atoms with Crippen LogP contribution in [-0.4, -0.2) is 49.8 Å². The van der Waals surface area contributed by atoms with Crippen LogP contribution in [0.5, 0.6) is 0 Å². The SMILES string of the molecule is Cc1ccc(NS(=O)(=O)N2CCN(CC(C)C)[C@H](C)C2)cc1. The Kier molecular flexibility index (Phi) is 5.47. The molecule has 1 saturated heterocycles. The van der Waals surface area contributed by atoms with Crippen molar-refractivity contribution in [1.82, 2.24) is 9.21 Å². The molecule has 124 valence electrons. The van der Waals surface area contributed by atoms with Gasteiger partial charge in [0.25, 0.3) is 0 Å². The molecule has 1 heterocycles. The van der Waals surface area contributed by atoms with Gasteiger partial charge in [-0.3, -0.25) is 9.62 Å². The Morgan fingerprint density at radius 3 is 2.41 bits per heavy atom. The van der Waals surface area contributed by atoms with Crippen molar-refractivity contribution in [3.05, 3.63) is 29.8 Å². The zero-order valence-corrected chi connectivity index (χ0v) is 14.7. The molecule has 0 radical (unpaired) electrons. The van der Waals surface area contributed by atoms with Gasteiger partial charge in [-0.2, -0.15) is 12.7 Å². The molecule has 1 aromatic rings. The number of hydrogen-bond donors (Lipinski definition) is 1. The lowest BCUT2D eigenvalue weighted by molar-refractivity contribution is 0.116. The molecule has 0 unspecified atom stereocenters. The van der Waals surface area contributed by atoms with Crippen LogP contribution in [0.1, 0.15) is 26.3 Å². The van der Waals surface area contributed by atoms with Gasteiger partial charge in [0, 0.05) is 37.9 Å². The minimum absolute atomic E-state index is 0.241. The predicted molar refractivity (Wildman–Crippen MR) is 91.2 cm³/mol. The number of nitrogens with zero attached hydrogens (tertiary/aromatic N) is 2. The predicted octanol–water partition coefficient (Wildman–Crippen LogP) is 2.31. The zero-order valence-electron chi connectivity index (χ0n) is 13.9. The lowest BCUT2D eigenvalue weighted by Gasteiger charge is -2.39. The Labute approximate surface area is 134 Å². The third-order valence-electron chi connectivity index (χ3n) is 3.97. The molecular weight excluding hydrogens is 298 g/mol. The van der Waals surface area contributed by atoms with E-state index in [-0.39, 0.29) is 6.04 Å². The Balaban J connectivity index is 2.00. The minimum atomic E-state index is -3.48. The van der Waals surface area contributed by atoms with Gasteiger partial charge in [0.2, 0.25) is 0 Å². The van der Waals surface area contributed by atoms with E-state index in [1.54, 1.807) is 16.4 Å². The molecular formula is C16H27N3O2S. The number of nitrogens with one attached hydrogen (secondary N) is 1. The van der Waals surface area contributed by atoms with Gasteiger partial charge in [-0.05, 0) is 31.9 Å². The monoisotopic (exact) mass is 325 g/mol. The summed E-state index contributed by atoms with van der Waals surface area (Å²) in [7, 11) is -3.48. The summed E-state index contributed by atoms with van der Waals surface area (Å²) < 4.78 is 29.2. The Bertz CT molecular complexity index is 584. The fourth-order valence-electron chi connectivity index (χ4n) is 2.76. The van der Waals surface area contributed by atoms with Gasteiger partial charge in [-0.25, -0.2) is 0 Å². The molecule has 1 aromatic carbocycles. The number of aryl methyl sites for hydroxylation is 1. The van der Waals surface area contributed by atoms with E-state index < -0.39 is 10.2 Å². The van der Waals surface area contributed by atoms with E-state index >= 15 is 0 Å². The first-order valence-electron chi connectivity index (χ1n) is 7.86. The quantitative estimate of drug-likeness (QED) is 0.904. The second-order valence-corrected chi connectivity index (χ2v) is 8.24. The summed E-state index contributed by atoms with van der Waals surface area (Å²) in [6.45, 7) is 11.3. The van der Waals surface area contributed by atoms with Crippen LogP contribution < -0.4 is 4.72 Å². The summed E-state index contributed by atoms with van der Waals surface area (Å²) in [5.74, 6) is 0.594. The van der Waals surface area contributed by atoms with Crippen LogP contribution in [0, 0.1) is 12.8 Å². The molecule has 22 heavy (non-hydrogen) atoms. The van der Waals surface area contributed by atoms with Crippen LogP contribution in [0.2, 0.25) is 0 Å². The molecule has 1 aliphatic heterocycles. The highest BCUT2D eigenvalue weighted by Crippen LogP contribution is 2.17. The highest BCUT2D eigenvalue weighted by atomic mass is 32.2. The van der Waals surface area contributed by atoms with Crippen molar-refractivity contribution < 1.29 is 8.42 Å². The van der Waals surface area contributed by atoms with E-state index in [1.807, 2.05) is 19.1 Å². The third-order valence-corrected chi connectivity index (χ3v) is 5.47. The fourth-order valence-corrected chi connectivity index (χ4v) is 4.05. The number of benzene rings is 1. The maximum atomic E-state index is 12.5. The number of piperazine rings is 1. The van der Waals surface area contributed by atoms with Crippen molar-refractivity contribution in [2.24, 2.45) is 5.92 Å². The molecule has 1 fully saturated rings. The van der Waals surface area contributed by atoms with Gasteiger partial charge in [0.05, 0.1) is 0 Å². The second kappa shape index (κ2) is 6.98. The minimum Gasteiger partial charge on any atom is -0.298 e. The summed E-state index contributed by atoms with van der Waals surface area (Å²) in [6.07, 6.45) is 0. The van der Waals surface area contributed by atoms with Gasteiger partial charge >= 0.3 is 10.2 Å². The molecule has 0 saturated carbocycles. The second-order valence-electron chi connectivity index (χ2n) is 6.57. The van der Waals surface area contributed by atoms with Crippen molar-refractivity contribution >= 4 is 15.9 Å². The van der Waals surface area contributed by atoms with E-state index in [4.69, 9.17) is 0 Å². The first-order valence-corrected chi connectivity index (χ1v) is 9.30. The molecule has 1 aliphatic rings. The van der Waals surface area contributed by atoms with Crippen molar-refractivity contribution in [1.29, 1.82) is 0 Å². The molecule has 0 aromatic heterocycles. The topological polar surface area (TPSA) is 52.7 Å². The highest BCUT2D eigenvalue weighted by molar-refractivity contribution is 7.90. The van der Waals surface area contributed by atoms with E-state index in [1.165, 1.54) is 0 Å². The molecule has 6 heteroatoms. The van der Waals surface area contributed by atoms with Crippen molar-refractivity contribution in [2.75, 3.05) is 30.9 Å². The van der Waals surface area contributed by atoms with Crippen LogP contribution in [-0.2, 0) is 10.2 Å². The maximum Gasteiger partial charge on any atom is 0.301 e. The van der Waals surface area contributed by atoms with Crippen LogP contribution >= 0.6 is 0 Å². The molecule has 5 nitrogen and oxygen atoms in total. The summed E-state index contributed by atoms with van der Waals surface area (Å²) in [5.41, 5.74) is 1.72. The lowest BCUT2D eigenvalue weighted by atomic mass is 10.1. The molecule has 1 atom stereocenters. The average Bonchev–Trinajstić information content (AvgIpc) is 2.43. The van der Waals surface area contributed by atoms with Crippen LogP contribution in [0.15, 0.2) is 24.3 Å². The Morgan fingerprint density at radius 1 is 1.23 bits per heavy atom. The van der Waals surface area contributed by atoms with Crippen LogP contribution in [0.25, 0.3) is 0 Å². The highest BCUT2D eigenvalue weighted by Gasteiger charge is 2.31. The Morgan fingerprint density at radius 2 is 1.86 bits per heavy atom. The largest absolute Gasteiger partial charge is 0.301 e. The van der Waals surface area contributed by atoms with Crippen molar-refractivity contribution in [2.45, 2.75) is 33.7 Å². The van der Waals surface area contributed by atoms with Crippen molar-refractivity contribution in [3.8, 4) is 0 Å². The van der Waals surface area contributed by atoms with E-state index in [2.05, 4.69) is 30.4 Å². The summed E-state index contributed by atoms with van der Waals surface area (Å²) >= 11 is 0. The fraction of sp³-hybridized carbons (Fsp3) is 0.625. The first-order chi connectivity index (χ1) is 10.3. The molecule has 1 N–H and O–H groups in total. The summed E-state index contributed by atoms with van der Waals surface area (Å²) in [4.78, 5) is 2.36. The van der Waals surface area contributed by atoms with E-state index in [0.717, 1.165) is 18.7 Å². The van der Waals surface area contributed by atoms with Crippen molar-refractivity contribution in [3.63, 3.8) is 0 Å². The maximum absolute atomic E-state index is 12.5. The summed E-state index contributed by atoms with van der Waals surface area (Å²) in [5, 5.41) is 0. The Hall–Kier alpha value is -1.11. The molecule has 2 rings (SSSR count). The lowest BCUT2D eigenvalue weighted by Crippen LogP contribution is -2.55. The number of anilines is 1. The first kappa shape index (κ1) is 17.2. The van der Waals surface area contributed by atoms with E-state index in [0.29, 0.717) is 24.7 Å². The average molecular weight is 325 g/mol. The summed E-state index contributed by atoms with van der Waals surface area (Å²) in [6, 6.07) is 7.64. The van der Waals surface area contributed by atoms with Gasteiger partial charge in [-0.15, -0.1) is 0 Å². The normalized spacial score (nSPS) is 21.2. The number of rotatable bonds is 5. The van der Waals surface area contributed by atoms with Crippen LogP contribution in [0.3, 0.4) is 0 Å². The van der Waals surface area contributed by atoms with Gasteiger partial charge in [0.1, 0.15) is 0 Å². The third kappa shape index (κ3) is 4.44. The molecule has 0 bridgehead atoms. The molecule has 0 aliphatic carbocycles. The van der Waals surface area contributed by atoms with Gasteiger partial charge in [-0.1, -0.05) is 31.5 Å². The molecule has 0 spiro atoms. The molecule has 0 amide bonds. The number of hydrogen-bond acceptors (Lipinski definition) is 3. The van der Waals surface area contributed by atoms with Crippen LogP contribution in [0.4, 0.5) is 5.69 Å². The van der Waals surface area contributed by atoms with E-state index in [9.17, 15) is 8.42 Å². The van der Waals surface area contributed by atoms with Gasteiger partial charge < -0.3 is 0 Å². The standard InChI is InChI=1S/C16H27N3O2S/c1-13(2)11-18-9-10-19(12-15(18)4)22(20,21)17-16-7-5-14(3)6-8-16/h5-8,13,15,17H,9-12H2,1-4H3/t15-/m1/s1. The smallest absolute Gasteiger partial charge is 0.298 e. The zero-order chi connectivity index (χ0) is 16.3.